The lowest BCUT2D eigenvalue weighted by Crippen LogP contribution is -2.60. The summed E-state index contributed by atoms with van der Waals surface area (Å²) in [5.74, 6) is 3.14. The van der Waals surface area contributed by atoms with Gasteiger partial charge in [-0.25, -0.2) is 0 Å². The number of phenols is 1. The Morgan fingerprint density at radius 2 is 1.84 bits per heavy atom. The van der Waals surface area contributed by atoms with Gasteiger partial charge < -0.3 is 24.2 Å². The summed E-state index contributed by atoms with van der Waals surface area (Å²) in [6.07, 6.45) is 3.58. The van der Waals surface area contributed by atoms with Crippen LogP contribution in [0, 0.1) is 5.92 Å². The fourth-order valence-corrected chi connectivity index (χ4v) is 5.46. The molecule has 0 amide bonds. The molecule has 0 aromatic heterocycles. The van der Waals surface area contributed by atoms with Crippen LogP contribution in [0.5, 0.6) is 11.5 Å². The molecule has 1 N–H and O–H groups in total. The van der Waals surface area contributed by atoms with Gasteiger partial charge in [0.25, 0.3) is 0 Å². The molecule has 1 saturated heterocycles. The number of likely N-dealkylation sites (tertiary alicyclic amines) is 1. The second kappa shape index (κ2) is 5.84. The predicted octanol–water partition coefficient (Wildman–Crippen LogP) is 2.81. The molecule has 1 heterocycles. The summed E-state index contributed by atoms with van der Waals surface area (Å²) in [4.78, 5) is 2.47. The van der Waals surface area contributed by atoms with E-state index in [0.717, 1.165) is 49.3 Å². The van der Waals surface area contributed by atoms with Gasteiger partial charge in [-0.2, -0.15) is 0 Å². The summed E-state index contributed by atoms with van der Waals surface area (Å²) in [5.41, 5.74) is 2.20. The number of rotatable bonds is 3. The van der Waals surface area contributed by atoms with E-state index in [9.17, 15) is 5.11 Å². The number of allylic oxidation sites excluding steroid dienone is 2. The highest BCUT2D eigenvalue weighted by Gasteiger charge is 2.57. The Bertz CT molecular complexity index is 729. The van der Waals surface area contributed by atoms with E-state index >= 15 is 0 Å². The smallest absolute Gasteiger partial charge is 0.161 e. The van der Waals surface area contributed by atoms with Gasteiger partial charge in [0.2, 0.25) is 0 Å². The monoisotopic (exact) mass is 345 g/mol. The third-order valence-corrected chi connectivity index (χ3v) is 6.71. The number of methoxy groups -OCH3 is 3. The molecule has 1 aliphatic heterocycles. The molecule has 1 aromatic carbocycles. The molecule has 1 fully saturated rings. The van der Waals surface area contributed by atoms with E-state index in [0.29, 0.717) is 23.5 Å². The number of piperidine rings is 1. The first kappa shape index (κ1) is 16.6. The minimum Gasteiger partial charge on any atom is -0.504 e. The second-order valence-electron chi connectivity index (χ2n) is 7.55. The Labute approximate surface area is 149 Å². The number of nitrogens with zero attached hydrogens (tertiary/aromatic N) is 1. The fourth-order valence-electron chi connectivity index (χ4n) is 5.46. The number of phenolic OH excluding ortho intramolecular Hbond substituents is 1. The van der Waals surface area contributed by atoms with E-state index < -0.39 is 0 Å². The Morgan fingerprint density at radius 1 is 1.08 bits per heavy atom. The SMILES string of the molecule is COC1=C(OC)CC23CCN(C)C(Cc4ccc(OC)c(O)c42)C3C1. The van der Waals surface area contributed by atoms with Crippen molar-refractivity contribution in [1.82, 2.24) is 4.90 Å². The number of likely N-dealkylation sites (N-methyl/N-ethyl adjacent to an activating group) is 1. The van der Waals surface area contributed by atoms with Crippen LogP contribution in [0.4, 0.5) is 0 Å². The largest absolute Gasteiger partial charge is 0.504 e. The Balaban J connectivity index is 1.94. The third-order valence-electron chi connectivity index (χ3n) is 6.71. The maximum Gasteiger partial charge on any atom is 0.161 e. The van der Waals surface area contributed by atoms with Crippen LogP contribution in [-0.4, -0.2) is 51.0 Å². The van der Waals surface area contributed by atoms with Crippen molar-refractivity contribution in [3.8, 4) is 11.5 Å². The van der Waals surface area contributed by atoms with E-state index in [4.69, 9.17) is 14.2 Å². The molecule has 136 valence electrons. The highest BCUT2D eigenvalue weighted by Crippen LogP contribution is 2.59. The first-order valence-corrected chi connectivity index (χ1v) is 8.95. The molecule has 5 nitrogen and oxygen atoms in total. The first-order valence-electron chi connectivity index (χ1n) is 8.95. The molecule has 2 aliphatic carbocycles. The average Bonchev–Trinajstić information content (AvgIpc) is 2.63. The highest BCUT2D eigenvalue weighted by atomic mass is 16.5. The molecular weight excluding hydrogens is 318 g/mol. The van der Waals surface area contributed by atoms with Gasteiger partial charge >= 0.3 is 0 Å². The zero-order chi connectivity index (χ0) is 17.8. The molecule has 25 heavy (non-hydrogen) atoms. The highest BCUT2D eigenvalue weighted by molar-refractivity contribution is 5.57. The molecule has 3 aliphatic rings. The van der Waals surface area contributed by atoms with Gasteiger partial charge in [-0.15, -0.1) is 0 Å². The van der Waals surface area contributed by atoms with Gasteiger partial charge in [0.1, 0.15) is 11.5 Å². The van der Waals surface area contributed by atoms with Gasteiger partial charge in [0, 0.05) is 29.9 Å². The summed E-state index contributed by atoms with van der Waals surface area (Å²) >= 11 is 0. The van der Waals surface area contributed by atoms with Crippen LogP contribution in [0.15, 0.2) is 23.7 Å². The lowest BCUT2D eigenvalue weighted by atomic mass is 9.53. The topological polar surface area (TPSA) is 51.2 Å². The van der Waals surface area contributed by atoms with E-state index in [1.54, 1.807) is 21.3 Å². The van der Waals surface area contributed by atoms with Gasteiger partial charge in [0.05, 0.1) is 21.3 Å². The third kappa shape index (κ3) is 2.18. The Morgan fingerprint density at radius 3 is 2.52 bits per heavy atom. The summed E-state index contributed by atoms with van der Waals surface area (Å²) in [6, 6.07) is 4.47. The van der Waals surface area contributed by atoms with E-state index in [-0.39, 0.29) is 5.41 Å². The van der Waals surface area contributed by atoms with Crippen molar-refractivity contribution in [3.05, 3.63) is 34.8 Å². The van der Waals surface area contributed by atoms with Crippen LogP contribution in [0.3, 0.4) is 0 Å². The van der Waals surface area contributed by atoms with Crippen LogP contribution in [0.25, 0.3) is 0 Å². The number of hydrogen-bond acceptors (Lipinski definition) is 5. The molecule has 0 spiro atoms. The van der Waals surface area contributed by atoms with Crippen LogP contribution >= 0.6 is 0 Å². The van der Waals surface area contributed by atoms with Crippen LogP contribution in [-0.2, 0) is 21.3 Å². The maximum atomic E-state index is 11.0. The van der Waals surface area contributed by atoms with Crippen molar-refractivity contribution >= 4 is 0 Å². The van der Waals surface area contributed by atoms with Crippen LogP contribution in [0.2, 0.25) is 0 Å². The molecular formula is C20H27NO4. The summed E-state index contributed by atoms with van der Waals surface area (Å²) in [7, 11) is 7.27. The summed E-state index contributed by atoms with van der Waals surface area (Å²) in [6.45, 7) is 1.02. The van der Waals surface area contributed by atoms with Gasteiger partial charge in [-0.05, 0) is 44.0 Å². The standard InChI is InChI=1S/C20H27NO4/c1-21-8-7-20-11-17(25-4)16(24-3)10-13(20)14(21)9-12-5-6-15(23-2)19(22)18(12)20/h5-6,13-14,22H,7-11H2,1-4H3. The van der Waals surface area contributed by atoms with Gasteiger partial charge in [0.15, 0.2) is 11.5 Å². The maximum absolute atomic E-state index is 11.0. The molecule has 5 heteroatoms. The van der Waals surface area contributed by atoms with Gasteiger partial charge in [-0.3, -0.25) is 0 Å². The van der Waals surface area contributed by atoms with Crippen molar-refractivity contribution in [3.63, 3.8) is 0 Å². The molecule has 4 rings (SSSR count). The summed E-state index contributed by atoms with van der Waals surface area (Å²) in [5, 5.41) is 11.0. The van der Waals surface area contributed by atoms with Crippen molar-refractivity contribution in [2.24, 2.45) is 5.92 Å². The van der Waals surface area contributed by atoms with Gasteiger partial charge in [-0.1, -0.05) is 6.07 Å². The lowest BCUT2D eigenvalue weighted by molar-refractivity contribution is -0.00216. The molecule has 2 bridgehead atoms. The molecule has 3 unspecified atom stereocenters. The lowest BCUT2D eigenvalue weighted by Gasteiger charge is -2.58. The zero-order valence-electron chi connectivity index (χ0n) is 15.5. The Kier molecular flexibility index (Phi) is 3.87. The van der Waals surface area contributed by atoms with E-state index in [1.165, 1.54) is 5.56 Å². The minimum absolute atomic E-state index is 0.114. The second-order valence-corrected chi connectivity index (χ2v) is 7.55. The van der Waals surface area contributed by atoms with E-state index in [1.807, 2.05) is 6.07 Å². The number of hydrogen-bond donors (Lipinski definition) is 1. The number of fused-ring (bicyclic) bond motifs is 1. The van der Waals surface area contributed by atoms with Crippen LogP contribution < -0.4 is 4.74 Å². The normalized spacial score (nSPS) is 31.2. The Hall–Kier alpha value is -1.88. The predicted molar refractivity (Wildman–Crippen MR) is 94.8 cm³/mol. The fraction of sp³-hybridized carbons (Fsp3) is 0.600. The molecule has 1 aromatic rings. The quantitative estimate of drug-likeness (QED) is 0.913. The molecule has 0 radical (unpaired) electrons. The van der Waals surface area contributed by atoms with Crippen LogP contribution in [0.1, 0.15) is 30.4 Å². The number of aromatic hydroxyl groups is 1. The van der Waals surface area contributed by atoms with Crippen molar-refractivity contribution in [2.45, 2.75) is 37.1 Å². The molecule has 3 atom stereocenters. The number of ether oxygens (including phenoxy) is 3. The van der Waals surface area contributed by atoms with Crippen molar-refractivity contribution in [2.75, 3.05) is 34.9 Å². The minimum atomic E-state index is -0.114. The summed E-state index contributed by atoms with van der Waals surface area (Å²) < 4.78 is 16.8. The van der Waals surface area contributed by atoms with Crippen molar-refractivity contribution in [1.29, 1.82) is 0 Å². The number of benzene rings is 1. The molecule has 0 saturated carbocycles. The van der Waals surface area contributed by atoms with Crippen molar-refractivity contribution < 1.29 is 19.3 Å². The van der Waals surface area contributed by atoms with E-state index in [2.05, 4.69) is 18.0 Å². The average molecular weight is 345 g/mol. The zero-order valence-corrected chi connectivity index (χ0v) is 15.5. The first-order chi connectivity index (χ1) is 12.1.